The van der Waals surface area contributed by atoms with Crippen LogP contribution in [0.5, 0.6) is 17.2 Å². The van der Waals surface area contributed by atoms with Crippen LogP contribution in [-0.4, -0.2) is 36.9 Å². The second kappa shape index (κ2) is 7.71. The number of hydrogen-bond donors (Lipinski definition) is 1. The van der Waals surface area contributed by atoms with Gasteiger partial charge in [0, 0.05) is 10.0 Å². The van der Waals surface area contributed by atoms with E-state index in [1.54, 1.807) is 12.1 Å². The molecule has 1 heterocycles. The lowest BCUT2D eigenvalue weighted by Crippen LogP contribution is -2.08. The van der Waals surface area contributed by atoms with Crippen molar-refractivity contribution in [1.29, 1.82) is 0 Å². The number of ketones is 1. The monoisotopic (exact) mass is 431 g/mol. The lowest BCUT2D eigenvalue weighted by Gasteiger charge is -2.13. The van der Waals surface area contributed by atoms with Gasteiger partial charge in [-0.3, -0.25) is 4.79 Å². The third-order valence-corrected chi connectivity index (χ3v) is 4.73. The van der Waals surface area contributed by atoms with Crippen LogP contribution in [0.15, 0.2) is 47.1 Å². The highest BCUT2D eigenvalue weighted by Crippen LogP contribution is 2.39. The molecule has 0 saturated heterocycles. The largest absolute Gasteiger partial charge is 0.493 e. The van der Waals surface area contributed by atoms with E-state index in [-0.39, 0.29) is 17.2 Å². The predicted molar refractivity (Wildman–Crippen MR) is 105 cm³/mol. The summed E-state index contributed by atoms with van der Waals surface area (Å²) in [4.78, 5) is 13.0. The minimum atomic E-state index is -0.301. The molecule has 0 aliphatic rings. The topological polar surface area (TPSA) is 88.6 Å². The number of carbonyl (C=O) groups is 1. The van der Waals surface area contributed by atoms with Crippen LogP contribution in [0.1, 0.15) is 15.9 Å². The fourth-order valence-electron chi connectivity index (χ4n) is 2.72. The van der Waals surface area contributed by atoms with Crippen molar-refractivity contribution in [1.82, 2.24) is 9.78 Å². The van der Waals surface area contributed by atoms with Gasteiger partial charge in [0.25, 0.3) is 0 Å². The predicted octanol–water partition coefficient (Wildman–Crippen LogP) is 3.47. The number of methoxy groups -OCH3 is 3. The Morgan fingerprint density at radius 1 is 1.07 bits per heavy atom. The number of nitrogens with two attached hydrogens (primary N) is 1. The van der Waals surface area contributed by atoms with E-state index in [9.17, 15) is 4.79 Å². The fourth-order valence-corrected chi connectivity index (χ4v) is 3.17. The van der Waals surface area contributed by atoms with Gasteiger partial charge in [0.15, 0.2) is 17.3 Å². The zero-order valence-corrected chi connectivity index (χ0v) is 16.6. The summed E-state index contributed by atoms with van der Waals surface area (Å²) in [6.07, 6.45) is 1.44. The molecule has 27 heavy (non-hydrogen) atoms. The normalized spacial score (nSPS) is 10.5. The van der Waals surface area contributed by atoms with Crippen molar-refractivity contribution in [2.75, 3.05) is 27.1 Å². The van der Waals surface area contributed by atoms with Crippen molar-refractivity contribution < 1.29 is 19.0 Å². The smallest absolute Gasteiger partial charge is 0.203 e. The van der Waals surface area contributed by atoms with E-state index >= 15 is 0 Å². The first-order chi connectivity index (χ1) is 13.0. The Bertz CT molecular complexity index is 975. The van der Waals surface area contributed by atoms with Crippen molar-refractivity contribution in [3.05, 3.63) is 58.2 Å². The van der Waals surface area contributed by atoms with Crippen molar-refractivity contribution in [2.24, 2.45) is 0 Å². The number of nitrogens with zero attached hydrogens (tertiary/aromatic N) is 2. The van der Waals surface area contributed by atoms with Gasteiger partial charge in [-0.05, 0) is 40.2 Å². The lowest BCUT2D eigenvalue weighted by molar-refractivity contribution is 0.103. The van der Waals surface area contributed by atoms with Gasteiger partial charge in [-0.2, -0.15) is 5.10 Å². The Balaban J connectivity index is 2.06. The van der Waals surface area contributed by atoms with Crippen LogP contribution >= 0.6 is 15.9 Å². The van der Waals surface area contributed by atoms with E-state index in [1.165, 1.54) is 32.2 Å². The van der Waals surface area contributed by atoms with Crippen molar-refractivity contribution in [3.63, 3.8) is 0 Å². The summed E-state index contributed by atoms with van der Waals surface area (Å²) in [7, 11) is 4.48. The molecule has 3 aromatic rings. The van der Waals surface area contributed by atoms with E-state index in [0.29, 0.717) is 22.8 Å². The van der Waals surface area contributed by atoms with Crippen LogP contribution in [0, 0.1) is 0 Å². The number of para-hydroxylation sites is 1. The average molecular weight is 432 g/mol. The molecule has 1 aromatic heterocycles. The number of carbonyl (C=O) groups excluding carboxylic acids is 1. The number of hydrogen-bond acceptors (Lipinski definition) is 6. The quantitative estimate of drug-likeness (QED) is 0.601. The number of ether oxygens (including phenoxy) is 3. The molecule has 3 rings (SSSR count). The van der Waals surface area contributed by atoms with E-state index in [2.05, 4.69) is 21.0 Å². The number of anilines is 1. The van der Waals surface area contributed by atoms with Gasteiger partial charge < -0.3 is 19.9 Å². The third kappa shape index (κ3) is 3.35. The van der Waals surface area contributed by atoms with Crippen LogP contribution in [0.3, 0.4) is 0 Å². The van der Waals surface area contributed by atoms with Crippen LogP contribution in [-0.2, 0) is 0 Å². The second-order valence-electron chi connectivity index (χ2n) is 5.55. The Morgan fingerprint density at radius 2 is 1.70 bits per heavy atom. The first-order valence-corrected chi connectivity index (χ1v) is 8.74. The van der Waals surface area contributed by atoms with Gasteiger partial charge in [0.05, 0.1) is 38.8 Å². The Hall–Kier alpha value is -3.00. The third-order valence-electron chi connectivity index (χ3n) is 4.06. The van der Waals surface area contributed by atoms with Gasteiger partial charge in [-0.15, -0.1) is 0 Å². The molecule has 0 radical (unpaired) electrons. The summed E-state index contributed by atoms with van der Waals surface area (Å²) in [5, 5.41) is 4.27. The zero-order chi connectivity index (χ0) is 19.6. The summed E-state index contributed by atoms with van der Waals surface area (Å²) in [6, 6.07) is 10.6. The molecule has 0 unspecified atom stereocenters. The molecule has 0 fully saturated rings. The summed E-state index contributed by atoms with van der Waals surface area (Å²) in [5.74, 6) is 1.12. The van der Waals surface area contributed by atoms with E-state index in [4.69, 9.17) is 19.9 Å². The second-order valence-corrected chi connectivity index (χ2v) is 6.40. The molecule has 7 nitrogen and oxygen atoms in total. The van der Waals surface area contributed by atoms with Crippen LogP contribution in [0.2, 0.25) is 0 Å². The van der Waals surface area contributed by atoms with Crippen LogP contribution < -0.4 is 19.9 Å². The van der Waals surface area contributed by atoms with E-state index in [0.717, 1.165) is 10.2 Å². The maximum Gasteiger partial charge on any atom is 0.203 e. The molecule has 0 saturated carbocycles. The number of rotatable bonds is 6. The molecule has 0 aliphatic carbocycles. The molecular formula is C19H18BrN3O4. The SMILES string of the molecule is COc1cc(C(=O)c2cnn(-c3ccccc3Br)c2N)cc(OC)c1OC. The van der Waals surface area contributed by atoms with Crippen molar-refractivity contribution in [3.8, 4) is 22.9 Å². The number of nitrogen functional groups attached to an aromatic ring is 1. The lowest BCUT2D eigenvalue weighted by atomic mass is 10.0. The van der Waals surface area contributed by atoms with Gasteiger partial charge >= 0.3 is 0 Å². The Labute approximate surface area is 164 Å². The zero-order valence-electron chi connectivity index (χ0n) is 15.0. The molecular weight excluding hydrogens is 414 g/mol. The fraction of sp³-hybridized carbons (Fsp3) is 0.158. The summed E-state index contributed by atoms with van der Waals surface area (Å²) >= 11 is 3.46. The molecule has 0 atom stereocenters. The van der Waals surface area contributed by atoms with Crippen LogP contribution in [0.4, 0.5) is 5.82 Å². The van der Waals surface area contributed by atoms with E-state index < -0.39 is 0 Å². The maximum atomic E-state index is 13.0. The van der Waals surface area contributed by atoms with Gasteiger partial charge in [-0.1, -0.05) is 12.1 Å². The molecule has 140 valence electrons. The maximum absolute atomic E-state index is 13.0. The van der Waals surface area contributed by atoms with Gasteiger partial charge in [0.1, 0.15) is 5.82 Å². The van der Waals surface area contributed by atoms with Gasteiger partial charge in [-0.25, -0.2) is 4.68 Å². The van der Waals surface area contributed by atoms with Crippen LogP contribution in [0.25, 0.3) is 5.69 Å². The summed E-state index contributed by atoms with van der Waals surface area (Å²) in [6.45, 7) is 0. The first-order valence-electron chi connectivity index (χ1n) is 7.95. The minimum absolute atomic E-state index is 0.237. The highest BCUT2D eigenvalue weighted by atomic mass is 79.9. The number of aromatic nitrogens is 2. The summed E-state index contributed by atoms with van der Waals surface area (Å²) < 4.78 is 18.2. The molecule has 0 spiro atoms. The molecule has 0 aliphatic heterocycles. The molecule has 0 bridgehead atoms. The highest BCUT2D eigenvalue weighted by molar-refractivity contribution is 9.10. The Kier molecular flexibility index (Phi) is 5.36. The Morgan fingerprint density at radius 3 is 2.26 bits per heavy atom. The molecule has 2 aromatic carbocycles. The molecule has 0 amide bonds. The number of benzene rings is 2. The van der Waals surface area contributed by atoms with Crippen molar-refractivity contribution >= 4 is 27.5 Å². The van der Waals surface area contributed by atoms with Gasteiger partial charge in [0.2, 0.25) is 5.75 Å². The number of halogens is 1. The van der Waals surface area contributed by atoms with Crippen molar-refractivity contribution in [2.45, 2.75) is 0 Å². The van der Waals surface area contributed by atoms with E-state index in [1.807, 2.05) is 24.3 Å². The standard InChI is InChI=1S/C19H18BrN3O4/c1-25-15-8-11(9-16(26-2)18(15)27-3)17(24)12-10-22-23(19(12)21)14-7-5-4-6-13(14)20/h4-10H,21H2,1-3H3. The first kappa shape index (κ1) is 18.8. The minimum Gasteiger partial charge on any atom is -0.493 e. The summed E-state index contributed by atoms with van der Waals surface area (Å²) in [5.41, 5.74) is 7.57. The molecule has 2 N–H and O–H groups in total. The average Bonchev–Trinajstić information content (AvgIpc) is 3.07. The highest BCUT2D eigenvalue weighted by Gasteiger charge is 2.22. The molecule has 8 heteroatoms.